The summed E-state index contributed by atoms with van der Waals surface area (Å²) < 4.78 is 19.4. The highest BCUT2D eigenvalue weighted by Crippen LogP contribution is 2.21. The Morgan fingerprint density at radius 2 is 1.79 bits per heavy atom. The molecule has 0 amide bonds. The van der Waals surface area contributed by atoms with Crippen molar-refractivity contribution in [2.24, 2.45) is 0 Å². The maximum Gasteiger partial charge on any atom is 0.137 e. The van der Waals surface area contributed by atoms with Crippen LogP contribution in [0.3, 0.4) is 0 Å². The molecule has 0 bridgehead atoms. The van der Waals surface area contributed by atoms with Crippen molar-refractivity contribution in [3.05, 3.63) is 69.9 Å². The normalized spacial score (nSPS) is 10.6. The van der Waals surface area contributed by atoms with Gasteiger partial charge in [0.15, 0.2) is 0 Å². The highest BCUT2D eigenvalue weighted by molar-refractivity contribution is 9.10. The van der Waals surface area contributed by atoms with E-state index < -0.39 is 0 Å². The zero-order valence-electron chi connectivity index (χ0n) is 10.6. The lowest BCUT2D eigenvalue weighted by atomic mass is 10.1. The Bertz CT molecular complexity index is 513. The molecule has 2 aromatic carbocycles. The van der Waals surface area contributed by atoms with Gasteiger partial charge in [0.05, 0.1) is 11.1 Å². The minimum absolute atomic E-state index is 0.245. The Balaban J connectivity index is 1.71. The molecule has 0 aliphatic heterocycles. The van der Waals surface area contributed by atoms with Crippen molar-refractivity contribution in [2.45, 2.75) is 19.4 Å². The van der Waals surface area contributed by atoms with Gasteiger partial charge in [-0.1, -0.05) is 42.5 Å². The zero-order chi connectivity index (χ0) is 13.5. The summed E-state index contributed by atoms with van der Waals surface area (Å²) in [6, 6.07) is 15.3. The van der Waals surface area contributed by atoms with Crippen molar-refractivity contribution in [1.82, 2.24) is 0 Å². The Kier molecular flexibility index (Phi) is 5.55. The molecule has 19 heavy (non-hydrogen) atoms. The van der Waals surface area contributed by atoms with Gasteiger partial charge in [0.1, 0.15) is 5.82 Å². The Morgan fingerprint density at radius 1 is 1.00 bits per heavy atom. The molecule has 100 valence electrons. The standard InChI is InChI=1S/C16H16BrFO/c17-16-14(9-4-10-15(16)18)12-19-11-5-8-13-6-2-1-3-7-13/h1-4,6-7,9-10H,5,8,11-12H2. The van der Waals surface area contributed by atoms with Crippen LogP contribution in [0.1, 0.15) is 17.5 Å². The van der Waals surface area contributed by atoms with Gasteiger partial charge in [0.2, 0.25) is 0 Å². The fourth-order valence-corrected chi connectivity index (χ4v) is 2.24. The van der Waals surface area contributed by atoms with E-state index in [1.165, 1.54) is 11.6 Å². The summed E-state index contributed by atoms with van der Waals surface area (Å²) in [6.07, 6.45) is 1.97. The average molecular weight is 323 g/mol. The predicted molar refractivity (Wildman–Crippen MR) is 78.5 cm³/mol. The maximum atomic E-state index is 13.3. The van der Waals surface area contributed by atoms with Crippen LogP contribution >= 0.6 is 15.9 Å². The van der Waals surface area contributed by atoms with Gasteiger partial charge in [-0.15, -0.1) is 0 Å². The van der Waals surface area contributed by atoms with E-state index in [9.17, 15) is 4.39 Å². The van der Waals surface area contributed by atoms with E-state index in [-0.39, 0.29) is 5.82 Å². The van der Waals surface area contributed by atoms with E-state index in [2.05, 4.69) is 28.1 Å². The van der Waals surface area contributed by atoms with Crippen LogP contribution in [-0.4, -0.2) is 6.61 Å². The third-order valence-electron chi connectivity index (χ3n) is 2.89. The highest BCUT2D eigenvalue weighted by atomic mass is 79.9. The molecule has 0 heterocycles. The lowest BCUT2D eigenvalue weighted by Gasteiger charge is -2.07. The molecule has 0 N–H and O–H groups in total. The lowest BCUT2D eigenvalue weighted by Crippen LogP contribution is -1.99. The first-order valence-electron chi connectivity index (χ1n) is 6.32. The summed E-state index contributed by atoms with van der Waals surface area (Å²) in [5, 5.41) is 0. The van der Waals surface area contributed by atoms with Crippen LogP contribution in [-0.2, 0) is 17.8 Å². The minimum atomic E-state index is -0.245. The molecular formula is C16H16BrFO. The van der Waals surface area contributed by atoms with Gasteiger partial charge in [-0.3, -0.25) is 0 Å². The molecule has 0 aromatic heterocycles. The molecule has 0 saturated heterocycles. The summed E-state index contributed by atoms with van der Waals surface area (Å²) in [5.74, 6) is -0.245. The lowest BCUT2D eigenvalue weighted by molar-refractivity contribution is 0.118. The second-order valence-electron chi connectivity index (χ2n) is 4.35. The molecule has 3 heteroatoms. The zero-order valence-corrected chi connectivity index (χ0v) is 12.2. The molecule has 1 nitrogen and oxygen atoms in total. The number of halogens is 2. The van der Waals surface area contributed by atoms with Crippen LogP contribution in [0.25, 0.3) is 0 Å². The van der Waals surface area contributed by atoms with Crippen LogP contribution in [0.15, 0.2) is 53.0 Å². The fraction of sp³-hybridized carbons (Fsp3) is 0.250. The highest BCUT2D eigenvalue weighted by Gasteiger charge is 2.04. The van der Waals surface area contributed by atoms with Crippen LogP contribution in [0, 0.1) is 5.82 Å². The van der Waals surface area contributed by atoms with Gasteiger partial charge < -0.3 is 4.74 Å². The van der Waals surface area contributed by atoms with Crippen molar-refractivity contribution in [3.63, 3.8) is 0 Å². The number of aryl methyl sites for hydroxylation is 1. The van der Waals surface area contributed by atoms with E-state index in [0.717, 1.165) is 18.4 Å². The van der Waals surface area contributed by atoms with Gasteiger partial charge >= 0.3 is 0 Å². The Labute approximate surface area is 121 Å². The van der Waals surface area contributed by atoms with Gasteiger partial charge in [-0.05, 0) is 46.0 Å². The monoisotopic (exact) mass is 322 g/mol. The summed E-state index contributed by atoms with van der Waals surface area (Å²) in [4.78, 5) is 0. The van der Waals surface area contributed by atoms with Crippen LogP contribution in [0.2, 0.25) is 0 Å². The largest absolute Gasteiger partial charge is 0.377 e. The molecule has 0 aliphatic carbocycles. The van der Waals surface area contributed by atoms with Crippen molar-refractivity contribution in [2.75, 3.05) is 6.61 Å². The molecular weight excluding hydrogens is 307 g/mol. The van der Waals surface area contributed by atoms with Crippen molar-refractivity contribution in [1.29, 1.82) is 0 Å². The number of rotatable bonds is 6. The number of ether oxygens (including phenoxy) is 1. The third-order valence-corrected chi connectivity index (χ3v) is 3.77. The second kappa shape index (κ2) is 7.41. The first-order valence-corrected chi connectivity index (χ1v) is 7.11. The molecule has 2 rings (SSSR count). The summed E-state index contributed by atoms with van der Waals surface area (Å²) >= 11 is 3.23. The van der Waals surface area contributed by atoms with Gasteiger partial charge in [-0.2, -0.15) is 0 Å². The minimum Gasteiger partial charge on any atom is -0.377 e. The molecule has 0 fully saturated rings. The van der Waals surface area contributed by atoms with E-state index >= 15 is 0 Å². The van der Waals surface area contributed by atoms with Gasteiger partial charge in [0, 0.05) is 6.61 Å². The summed E-state index contributed by atoms with van der Waals surface area (Å²) in [6.45, 7) is 1.12. The smallest absolute Gasteiger partial charge is 0.137 e. The van der Waals surface area contributed by atoms with Crippen LogP contribution in [0.4, 0.5) is 4.39 Å². The van der Waals surface area contributed by atoms with Crippen molar-refractivity contribution >= 4 is 15.9 Å². The molecule has 0 spiro atoms. The molecule has 0 unspecified atom stereocenters. The maximum absolute atomic E-state index is 13.3. The number of hydrogen-bond donors (Lipinski definition) is 0. The van der Waals surface area contributed by atoms with Crippen molar-refractivity contribution < 1.29 is 9.13 Å². The third kappa shape index (κ3) is 4.44. The topological polar surface area (TPSA) is 9.23 Å². The van der Waals surface area contributed by atoms with E-state index in [1.807, 2.05) is 24.3 Å². The number of hydrogen-bond acceptors (Lipinski definition) is 1. The van der Waals surface area contributed by atoms with Gasteiger partial charge in [-0.25, -0.2) is 4.39 Å². The quantitative estimate of drug-likeness (QED) is 0.698. The Hall–Kier alpha value is -1.19. The SMILES string of the molecule is Fc1cccc(COCCCc2ccccc2)c1Br. The molecule has 0 radical (unpaired) electrons. The van der Waals surface area contributed by atoms with E-state index in [4.69, 9.17) is 4.74 Å². The van der Waals surface area contributed by atoms with Crippen LogP contribution in [0.5, 0.6) is 0 Å². The molecule has 2 aromatic rings. The van der Waals surface area contributed by atoms with Crippen molar-refractivity contribution in [3.8, 4) is 0 Å². The fourth-order valence-electron chi connectivity index (χ4n) is 1.87. The molecule has 0 saturated carbocycles. The van der Waals surface area contributed by atoms with E-state index in [1.54, 1.807) is 6.07 Å². The van der Waals surface area contributed by atoms with E-state index in [0.29, 0.717) is 17.7 Å². The predicted octanol–water partition coefficient (Wildman–Crippen LogP) is 4.74. The average Bonchev–Trinajstić information content (AvgIpc) is 2.44. The molecule has 0 atom stereocenters. The molecule has 0 aliphatic rings. The van der Waals surface area contributed by atoms with Crippen LogP contribution < -0.4 is 0 Å². The number of benzene rings is 2. The first kappa shape index (κ1) is 14.2. The Morgan fingerprint density at radius 3 is 2.58 bits per heavy atom. The summed E-state index contributed by atoms with van der Waals surface area (Å²) in [7, 11) is 0. The second-order valence-corrected chi connectivity index (χ2v) is 5.15. The first-order chi connectivity index (χ1) is 9.27. The van der Waals surface area contributed by atoms with Gasteiger partial charge in [0.25, 0.3) is 0 Å². The summed E-state index contributed by atoms with van der Waals surface area (Å²) in [5.41, 5.74) is 2.16.